The molecular formula is C29H24FNO5. The minimum atomic E-state index is -0.819. The van der Waals surface area contributed by atoms with E-state index < -0.39 is 23.2 Å². The highest BCUT2D eigenvalue weighted by atomic mass is 19.1. The Morgan fingerprint density at radius 1 is 1.03 bits per heavy atom. The van der Waals surface area contributed by atoms with Crippen molar-refractivity contribution in [3.63, 3.8) is 0 Å². The van der Waals surface area contributed by atoms with Gasteiger partial charge in [0.1, 0.15) is 18.0 Å². The van der Waals surface area contributed by atoms with E-state index in [1.807, 2.05) is 32.0 Å². The fourth-order valence-electron chi connectivity index (χ4n) is 4.52. The van der Waals surface area contributed by atoms with Gasteiger partial charge in [-0.05, 0) is 73.0 Å². The first-order valence-electron chi connectivity index (χ1n) is 11.4. The van der Waals surface area contributed by atoms with Crippen LogP contribution in [-0.2, 0) is 0 Å². The molecular weight excluding hydrogens is 461 g/mol. The first kappa shape index (κ1) is 23.4. The van der Waals surface area contributed by atoms with Crippen molar-refractivity contribution in [1.29, 1.82) is 0 Å². The molecule has 1 aliphatic rings. The van der Waals surface area contributed by atoms with Crippen molar-refractivity contribution < 1.29 is 23.1 Å². The summed E-state index contributed by atoms with van der Waals surface area (Å²) in [6.07, 6.45) is 1.62. The highest BCUT2D eigenvalue weighted by Crippen LogP contribution is 2.43. The Balaban J connectivity index is 1.77. The van der Waals surface area contributed by atoms with Gasteiger partial charge in [-0.1, -0.05) is 24.8 Å². The first-order valence-corrected chi connectivity index (χ1v) is 11.4. The second kappa shape index (κ2) is 9.00. The van der Waals surface area contributed by atoms with Crippen molar-refractivity contribution in [2.75, 3.05) is 18.6 Å². The molecule has 4 aromatic rings. The fourth-order valence-corrected chi connectivity index (χ4v) is 4.52. The largest absolute Gasteiger partial charge is 0.493 e. The van der Waals surface area contributed by atoms with Crippen molar-refractivity contribution in [3.05, 3.63) is 111 Å². The van der Waals surface area contributed by atoms with Crippen LogP contribution in [0.15, 0.2) is 76.5 Å². The van der Waals surface area contributed by atoms with Crippen LogP contribution in [0.25, 0.3) is 11.0 Å². The monoisotopic (exact) mass is 485 g/mol. The lowest BCUT2D eigenvalue weighted by atomic mass is 9.97. The molecule has 6 nitrogen and oxygen atoms in total. The lowest BCUT2D eigenvalue weighted by Crippen LogP contribution is -2.29. The number of hydrogen-bond acceptors (Lipinski definition) is 5. The molecule has 5 rings (SSSR count). The van der Waals surface area contributed by atoms with E-state index in [9.17, 15) is 14.0 Å². The Morgan fingerprint density at radius 2 is 1.83 bits per heavy atom. The molecule has 1 atom stereocenters. The molecule has 0 radical (unpaired) electrons. The Hall–Kier alpha value is -4.39. The van der Waals surface area contributed by atoms with Crippen LogP contribution in [0.2, 0.25) is 0 Å². The standard InChI is InChI=1S/C29H24FNO5/c1-5-12-35-23-10-7-18(14-24(23)34-4)26-25-27(32)21-15-19(30)8-11-22(21)36-28(25)29(33)31(26)20-9-6-16(2)17(3)13-20/h5-11,13-15,26H,1,12H2,2-4H3. The number of carbonyl (C=O) groups is 1. The number of benzene rings is 3. The molecule has 0 saturated heterocycles. The maximum Gasteiger partial charge on any atom is 0.295 e. The van der Waals surface area contributed by atoms with Crippen molar-refractivity contribution in [1.82, 2.24) is 0 Å². The lowest BCUT2D eigenvalue weighted by molar-refractivity contribution is 0.0971. The summed E-state index contributed by atoms with van der Waals surface area (Å²) in [7, 11) is 1.51. The molecule has 36 heavy (non-hydrogen) atoms. The normalized spacial score (nSPS) is 14.7. The number of carbonyl (C=O) groups excluding carboxylic acids is 1. The van der Waals surface area contributed by atoms with E-state index in [0.717, 1.165) is 17.2 Å². The van der Waals surface area contributed by atoms with Gasteiger partial charge in [-0.2, -0.15) is 0 Å². The molecule has 0 spiro atoms. The summed E-state index contributed by atoms with van der Waals surface area (Å²) in [5, 5.41) is 0.0754. The molecule has 0 bridgehead atoms. The zero-order chi connectivity index (χ0) is 25.6. The zero-order valence-electron chi connectivity index (χ0n) is 20.1. The number of anilines is 1. The topological polar surface area (TPSA) is 69.0 Å². The summed E-state index contributed by atoms with van der Waals surface area (Å²) in [6.45, 7) is 7.89. The summed E-state index contributed by atoms with van der Waals surface area (Å²) < 4.78 is 31.2. The van der Waals surface area contributed by atoms with Crippen LogP contribution in [0, 0.1) is 19.7 Å². The van der Waals surface area contributed by atoms with Gasteiger partial charge in [0, 0.05) is 5.69 Å². The fraction of sp³-hybridized carbons (Fsp3) is 0.172. The van der Waals surface area contributed by atoms with E-state index in [0.29, 0.717) is 22.7 Å². The van der Waals surface area contributed by atoms with Crippen LogP contribution in [0.5, 0.6) is 11.5 Å². The summed E-state index contributed by atoms with van der Waals surface area (Å²) in [5.41, 5.74) is 3.14. The summed E-state index contributed by atoms with van der Waals surface area (Å²) in [6, 6.07) is 13.8. The van der Waals surface area contributed by atoms with Gasteiger partial charge in [0.15, 0.2) is 16.9 Å². The van der Waals surface area contributed by atoms with E-state index in [1.54, 1.807) is 24.3 Å². The van der Waals surface area contributed by atoms with Gasteiger partial charge in [-0.25, -0.2) is 4.39 Å². The van der Waals surface area contributed by atoms with E-state index in [1.165, 1.54) is 24.1 Å². The third-order valence-corrected chi connectivity index (χ3v) is 6.46. The molecule has 0 fully saturated rings. The van der Waals surface area contributed by atoms with Crippen LogP contribution < -0.4 is 19.8 Å². The number of rotatable bonds is 6. The molecule has 1 unspecified atom stereocenters. The van der Waals surface area contributed by atoms with E-state index in [-0.39, 0.29) is 28.9 Å². The third-order valence-electron chi connectivity index (χ3n) is 6.46. The molecule has 0 aliphatic carbocycles. The lowest BCUT2D eigenvalue weighted by Gasteiger charge is -2.26. The van der Waals surface area contributed by atoms with Gasteiger partial charge in [-0.3, -0.25) is 14.5 Å². The molecule has 7 heteroatoms. The minimum absolute atomic E-state index is 0.0618. The average molecular weight is 486 g/mol. The van der Waals surface area contributed by atoms with Crippen LogP contribution >= 0.6 is 0 Å². The van der Waals surface area contributed by atoms with Gasteiger partial charge < -0.3 is 13.9 Å². The summed E-state index contributed by atoms with van der Waals surface area (Å²) in [4.78, 5) is 29.0. The number of nitrogens with zero attached hydrogens (tertiary/aromatic N) is 1. The second-order valence-electron chi connectivity index (χ2n) is 8.67. The molecule has 1 aliphatic heterocycles. The highest BCUT2D eigenvalue weighted by molar-refractivity contribution is 6.10. The number of fused-ring (bicyclic) bond motifs is 2. The molecule has 1 aromatic heterocycles. The molecule has 182 valence electrons. The van der Waals surface area contributed by atoms with Crippen molar-refractivity contribution in [3.8, 4) is 11.5 Å². The van der Waals surface area contributed by atoms with Gasteiger partial charge in [-0.15, -0.1) is 0 Å². The highest BCUT2D eigenvalue weighted by Gasteiger charge is 2.44. The summed E-state index contributed by atoms with van der Waals surface area (Å²) >= 11 is 0. The van der Waals surface area contributed by atoms with Crippen LogP contribution in [-0.4, -0.2) is 19.6 Å². The van der Waals surface area contributed by atoms with E-state index in [2.05, 4.69) is 6.58 Å². The maximum atomic E-state index is 14.0. The third kappa shape index (κ3) is 3.73. The first-order chi connectivity index (χ1) is 17.3. The Labute approximate surface area is 207 Å². The number of aryl methyl sites for hydroxylation is 2. The van der Waals surface area contributed by atoms with Gasteiger partial charge in [0.05, 0.1) is 24.1 Å². The van der Waals surface area contributed by atoms with Crippen LogP contribution in [0.4, 0.5) is 10.1 Å². The van der Waals surface area contributed by atoms with Crippen molar-refractivity contribution in [2.24, 2.45) is 0 Å². The quantitative estimate of drug-likeness (QED) is 0.320. The van der Waals surface area contributed by atoms with Crippen LogP contribution in [0.3, 0.4) is 0 Å². The number of ether oxygens (including phenoxy) is 2. The zero-order valence-corrected chi connectivity index (χ0v) is 20.1. The Morgan fingerprint density at radius 3 is 2.56 bits per heavy atom. The van der Waals surface area contributed by atoms with Gasteiger partial charge >= 0.3 is 0 Å². The van der Waals surface area contributed by atoms with Crippen molar-refractivity contribution >= 4 is 22.6 Å². The van der Waals surface area contributed by atoms with E-state index >= 15 is 0 Å². The SMILES string of the molecule is C=CCOc1ccc(C2c3c(oc4ccc(F)cc4c3=O)C(=O)N2c2ccc(C)c(C)c2)cc1OC. The van der Waals surface area contributed by atoms with Gasteiger partial charge in [0.25, 0.3) is 5.91 Å². The number of hydrogen-bond donors (Lipinski definition) is 0. The van der Waals surface area contributed by atoms with E-state index in [4.69, 9.17) is 13.9 Å². The minimum Gasteiger partial charge on any atom is -0.493 e. The predicted molar refractivity (Wildman–Crippen MR) is 136 cm³/mol. The van der Waals surface area contributed by atoms with Crippen molar-refractivity contribution in [2.45, 2.75) is 19.9 Å². The van der Waals surface area contributed by atoms with Crippen LogP contribution in [0.1, 0.15) is 38.9 Å². The summed E-state index contributed by atoms with van der Waals surface area (Å²) in [5.74, 6) is -0.143. The molecule has 0 N–H and O–H groups in total. The second-order valence-corrected chi connectivity index (χ2v) is 8.67. The maximum absolute atomic E-state index is 14.0. The smallest absolute Gasteiger partial charge is 0.295 e. The van der Waals surface area contributed by atoms with Gasteiger partial charge in [0.2, 0.25) is 5.76 Å². The molecule has 1 amide bonds. The number of methoxy groups -OCH3 is 1. The molecule has 2 heterocycles. The predicted octanol–water partition coefficient (Wildman–Crippen LogP) is 5.87. The Bertz CT molecular complexity index is 1590. The Kier molecular flexibility index (Phi) is 5.84. The number of halogens is 1. The number of amides is 1. The molecule has 0 saturated carbocycles. The average Bonchev–Trinajstić information content (AvgIpc) is 3.17. The molecule has 3 aromatic carbocycles.